The molecule has 9 heteroatoms. The van der Waals surface area contributed by atoms with Crippen molar-refractivity contribution in [3.8, 4) is 11.5 Å². The minimum Gasteiger partial charge on any atom is -0.493 e. The highest BCUT2D eigenvalue weighted by atomic mass is 19.1. The monoisotopic (exact) mass is 452 g/mol. The van der Waals surface area contributed by atoms with Crippen molar-refractivity contribution in [2.75, 3.05) is 20.8 Å². The van der Waals surface area contributed by atoms with Crippen molar-refractivity contribution >= 4 is 11.8 Å². The van der Waals surface area contributed by atoms with Gasteiger partial charge in [-0.05, 0) is 41.8 Å². The molecule has 0 saturated carbocycles. The van der Waals surface area contributed by atoms with Crippen LogP contribution in [0.3, 0.4) is 0 Å². The highest BCUT2D eigenvalue weighted by molar-refractivity contribution is 5.98. The number of amides is 2. The van der Waals surface area contributed by atoms with Crippen LogP contribution in [0.2, 0.25) is 0 Å². The summed E-state index contributed by atoms with van der Waals surface area (Å²) in [6.45, 7) is 1.60. The summed E-state index contributed by atoms with van der Waals surface area (Å²) in [4.78, 5) is 27.4. The van der Waals surface area contributed by atoms with E-state index in [1.165, 1.54) is 18.2 Å². The van der Waals surface area contributed by atoms with Crippen LogP contribution in [0.5, 0.6) is 11.5 Å². The fraction of sp³-hybridized carbons (Fsp3) is 0.292. The van der Waals surface area contributed by atoms with E-state index < -0.39 is 0 Å². The second kappa shape index (κ2) is 9.72. The molecule has 8 nitrogen and oxygen atoms in total. The smallest absolute Gasteiger partial charge is 0.272 e. The largest absolute Gasteiger partial charge is 0.493 e. The zero-order valence-corrected chi connectivity index (χ0v) is 18.5. The number of ether oxygens (including phenoxy) is 2. The van der Waals surface area contributed by atoms with Gasteiger partial charge in [0.15, 0.2) is 17.2 Å². The van der Waals surface area contributed by atoms with Gasteiger partial charge in [-0.15, -0.1) is 0 Å². The lowest BCUT2D eigenvalue weighted by molar-refractivity contribution is 0.0745. The number of hydrogen-bond donors (Lipinski definition) is 1. The number of aryl methyl sites for hydroxylation is 1. The molecule has 0 radical (unpaired) electrons. The molecule has 0 fully saturated rings. The first-order chi connectivity index (χ1) is 16.0. The van der Waals surface area contributed by atoms with Crippen molar-refractivity contribution in [1.29, 1.82) is 0 Å². The van der Waals surface area contributed by atoms with Crippen LogP contribution in [0, 0.1) is 5.82 Å². The molecule has 1 N–H and O–H groups in total. The average molecular weight is 452 g/mol. The molecule has 1 aromatic heterocycles. The number of rotatable bonds is 7. The molecule has 0 saturated heterocycles. The number of nitrogens with one attached hydrogen (secondary N) is 1. The molecule has 33 heavy (non-hydrogen) atoms. The maximum atomic E-state index is 13.5. The van der Waals surface area contributed by atoms with Crippen LogP contribution in [0.15, 0.2) is 48.5 Å². The standard InChI is InChI=1S/C24H25FN4O4/c1-32-21-8-7-16(12-22(21)33-2)14-26-23(30)19-13-20-24(31)28(9-4-10-29(20)27-19)15-17-5-3-6-18(25)11-17/h3,5-8,11-13H,4,9-10,14-15H2,1-2H3,(H,26,30). The third-order valence-electron chi connectivity index (χ3n) is 5.48. The molecule has 172 valence electrons. The Balaban J connectivity index is 1.45. The van der Waals surface area contributed by atoms with Crippen LogP contribution in [0.4, 0.5) is 4.39 Å². The lowest BCUT2D eigenvalue weighted by Gasteiger charge is -2.20. The van der Waals surface area contributed by atoms with E-state index in [4.69, 9.17) is 9.47 Å². The summed E-state index contributed by atoms with van der Waals surface area (Å²) in [5.74, 6) is 0.222. The van der Waals surface area contributed by atoms with Gasteiger partial charge >= 0.3 is 0 Å². The van der Waals surface area contributed by atoms with E-state index in [1.54, 1.807) is 48.1 Å². The summed E-state index contributed by atoms with van der Waals surface area (Å²) in [5.41, 5.74) is 2.06. The SMILES string of the molecule is COc1ccc(CNC(=O)c2cc3n(n2)CCCN(Cc2cccc(F)c2)C3=O)cc1OC. The van der Waals surface area contributed by atoms with Crippen molar-refractivity contribution in [2.24, 2.45) is 0 Å². The Bertz CT molecular complexity index is 1180. The van der Waals surface area contributed by atoms with Crippen molar-refractivity contribution in [2.45, 2.75) is 26.1 Å². The van der Waals surface area contributed by atoms with Crippen molar-refractivity contribution < 1.29 is 23.5 Å². The summed E-state index contributed by atoms with van der Waals surface area (Å²) >= 11 is 0. The molecule has 2 heterocycles. The maximum absolute atomic E-state index is 13.5. The minimum absolute atomic E-state index is 0.173. The van der Waals surface area contributed by atoms with E-state index in [2.05, 4.69) is 10.4 Å². The Hall–Kier alpha value is -3.88. The van der Waals surface area contributed by atoms with Gasteiger partial charge in [-0.3, -0.25) is 14.3 Å². The van der Waals surface area contributed by atoms with Gasteiger partial charge in [-0.25, -0.2) is 4.39 Å². The molecule has 0 unspecified atom stereocenters. The van der Waals surface area contributed by atoms with Crippen LogP contribution in [0.1, 0.15) is 38.5 Å². The number of methoxy groups -OCH3 is 2. The quantitative estimate of drug-likeness (QED) is 0.596. The van der Waals surface area contributed by atoms with E-state index in [9.17, 15) is 14.0 Å². The molecule has 0 bridgehead atoms. The molecule has 0 atom stereocenters. The molecular weight excluding hydrogens is 427 g/mol. The molecule has 1 aliphatic heterocycles. The molecule has 0 aliphatic carbocycles. The zero-order valence-electron chi connectivity index (χ0n) is 18.5. The summed E-state index contributed by atoms with van der Waals surface area (Å²) < 4.78 is 25.6. The van der Waals surface area contributed by atoms with Gasteiger partial charge in [0, 0.05) is 32.2 Å². The van der Waals surface area contributed by atoms with E-state index in [0.29, 0.717) is 48.8 Å². The third kappa shape index (κ3) is 4.97. The molecule has 4 rings (SSSR count). The zero-order chi connectivity index (χ0) is 23.4. The summed E-state index contributed by atoms with van der Waals surface area (Å²) in [5, 5.41) is 7.17. The predicted octanol–water partition coefficient (Wildman–Crippen LogP) is 3.02. The number of benzene rings is 2. The normalized spacial score (nSPS) is 13.3. The van der Waals surface area contributed by atoms with Gasteiger partial charge in [0.05, 0.1) is 14.2 Å². The van der Waals surface area contributed by atoms with Gasteiger partial charge in [-0.2, -0.15) is 5.10 Å². The van der Waals surface area contributed by atoms with E-state index in [0.717, 1.165) is 5.56 Å². The van der Waals surface area contributed by atoms with Crippen molar-refractivity contribution in [3.05, 3.63) is 76.9 Å². The lowest BCUT2D eigenvalue weighted by atomic mass is 10.2. The topological polar surface area (TPSA) is 85.7 Å². The van der Waals surface area contributed by atoms with Gasteiger partial charge in [0.25, 0.3) is 11.8 Å². The summed E-state index contributed by atoms with van der Waals surface area (Å²) in [6.07, 6.45) is 0.683. The molecule has 0 spiro atoms. The first-order valence-electron chi connectivity index (χ1n) is 10.6. The van der Waals surface area contributed by atoms with Gasteiger partial charge < -0.3 is 19.7 Å². The molecular formula is C24H25FN4O4. The van der Waals surface area contributed by atoms with E-state index >= 15 is 0 Å². The second-order valence-corrected chi connectivity index (χ2v) is 7.72. The first kappa shape index (κ1) is 22.3. The fourth-order valence-corrected chi connectivity index (χ4v) is 3.82. The number of carbonyl (C=O) groups is 2. The highest BCUT2D eigenvalue weighted by Crippen LogP contribution is 2.27. The number of nitrogens with zero attached hydrogens (tertiary/aromatic N) is 3. The fourth-order valence-electron chi connectivity index (χ4n) is 3.82. The Morgan fingerprint density at radius 2 is 1.88 bits per heavy atom. The van der Waals surface area contributed by atoms with Crippen LogP contribution < -0.4 is 14.8 Å². The van der Waals surface area contributed by atoms with Crippen molar-refractivity contribution in [1.82, 2.24) is 20.0 Å². The number of aromatic nitrogens is 2. The second-order valence-electron chi connectivity index (χ2n) is 7.72. The Kier molecular flexibility index (Phi) is 6.58. The van der Waals surface area contributed by atoms with Crippen LogP contribution in [0.25, 0.3) is 0 Å². The molecule has 1 aliphatic rings. The van der Waals surface area contributed by atoms with Crippen LogP contribution in [-0.2, 0) is 19.6 Å². The predicted molar refractivity (Wildman–Crippen MR) is 119 cm³/mol. The first-order valence-corrected chi connectivity index (χ1v) is 10.6. The molecule has 3 aromatic rings. The molecule has 2 aromatic carbocycles. The Morgan fingerprint density at radius 3 is 2.64 bits per heavy atom. The van der Waals surface area contributed by atoms with Crippen LogP contribution in [-0.4, -0.2) is 47.3 Å². The average Bonchev–Trinajstić information content (AvgIpc) is 3.19. The Labute approximate surface area is 190 Å². The summed E-state index contributed by atoms with van der Waals surface area (Å²) in [7, 11) is 3.11. The van der Waals surface area contributed by atoms with E-state index in [-0.39, 0.29) is 29.9 Å². The van der Waals surface area contributed by atoms with E-state index in [1.807, 2.05) is 6.07 Å². The number of carbonyl (C=O) groups excluding carboxylic acids is 2. The summed E-state index contributed by atoms with van der Waals surface area (Å²) in [6, 6.07) is 13.1. The van der Waals surface area contributed by atoms with Crippen molar-refractivity contribution in [3.63, 3.8) is 0 Å². The third-order valence-corrected chi connectivity index (χ3v) is 5.48. The van der Waals surface area contributed by atoms with Gasteiger partial charge in [0.1, 0.15) is 11.5 Å². The Morgan fingerprint density at radius 1 is 1.06 bits per heavy atom. The lowest BCUT2D eigenvalue weighted by Crippen LogP contribution is -2.30. The maximum Gasteiger partial charge on any atom is 0.272 e. The van der Waals surface area contributed by atoms with Gasteiger partial charge in [0.2, 0.25) is 0 Å². The van der Waals surface area contributed by atoms with Crippen LogP contribution >= 0.6 is 0 Å². The number of fused-ring (bicyclic) bond motifs is 1. The molecule has 2 amide bonds. The number of hydrogen-bond acceptors (Lipinski definition) is 5. The number of halogens is 1. The minimum atomic E-state index is -0.380. The van der Waals surface area contributed by atoms with Gasteiger partial charge in [-0.1, -0.05) is 18.2 Å². The highest BCUT2D eigenvalue weighted by Gasteiger charge is 2.26.